The van der Waals surface area contributed by atoms with E-state index in [0.717, 1.165) is 23.2 Å². The molecular formula is C30H37F2N6O8P. The van der Waals surface area contributed by atoms with Crippen molar-refractivity contribution in [3.63, 3.8) is 0 Å². The van der Waals surface area contributed by atoms with Gasteiger partial charge in [-0.15, -0.1) is 0 Å². The Bertz CT molecular complexity index is 1800. The lowest BCUT2D eigenvalue weighted by Gasteiger charge is -2.28. The number of anilines is 1. The SMILES string of the molecule is CCOc1nc(N)nc2c1ncn2C1OC(F)(COP(=O)(NC(C)C(=O)OCC(C)C)Oc2cccc3ccccc23)C(O)C1(C)F. The van der Waals surface area contributed by atoms with E-state index in [1.165, 1.54) is 13.0 Å². The number of aliphatic hydroxyl groups excluding tert-OH is 1. The van der Waals surface area contributed by atoms with Gasteiger partial charge in [0.05, 0.1) is 19.5 Å². The Morgan fingerprint density at radius 3 is 2.64 bits per heavy atom. The lowest BCUT2D eigenvalue weighted by molar-refractivity contribution is -0.202. The largest absolute Gasteiger partial charge is 0.476 e. The number of hydrogen-bond donors (Lipinski definition) is 3. The number of aliphatic hydroxyl groups is 1. The number of hydrogen-bond acceptors (Lipinski definition) is 12. The minimum Gasteiger partial charge on any atom is -0.476 e. The van der Waals surface area contributed by atoms with E-state index in [1.807, 2.05) is 13.8 Å². The van der Waals surface area contributed by atoms with Crippen molar-refractivity contribution < 1.29 is 46.5 Å². The van der Waals surface area contributed by atoms with Crippen LogP contribution in [0.15, 0.2) is 48.8 Å². The number of aromatic nitrogens is 4. The van der Waals surface area contributed by atoms with Crippen molar-refractivity contribution in [1.29, 1.82) is 0 Å². The van der Waals surface area contributed by atoms with Crippen LogP contribution in [0, 0.1) is 5.92 Å². The number of nitrogen functional groups attached to an aromatic ring is 1. The molecule has 17 heteroatoms. The Balaban J connectivity index is 1.44. The number of nitrogens with zero attached hydrogens (tertiary/aromatic N) is 4. The Morgan fingerprint density at radius 1 is 1.19 bits per heavy atom. The van der Waals surface area contributed by atoms with Crippen molar-refractivity contribution in [2.45, 2.75) is 64.5 Å². The Kier molecular flexibility index (Phi) is 9.71. The molecule has 0 saturated carbocycles. The molecule has 3 heterocycles. The Labute approximate surface area is 269 Å². The zero-order valence-corrected chi connectivity index (χ0v) is 27.3. The molecule has 0 spiro atoms. The first-order chi connectivity index (χ1) is 22.2. The molecule has 0 amide bonds. The Morgan fingerprint density at radius 2 is 1.91 bits per heavy atom. The molecule has 4 aromatic rings. The second-order valence-corrected chi connectivity index (χ2v) is 13.4. The number of nitrogens with two attached hydrogens (primary N) is 1. The van der Waals surface area contributed by atoms with E-state index < -0.39 is 50.2 Å². The number of benzene rings is 2. The highest BCUT2D eigenvalue weighted by atomic mass is 31.2. The van der Waals surface area contributed by atoms with Gasteiger partial charge in [0.15, 0.2) is 29.2 Å². The fourth-order valence-electron chi connectivity index (χ4n) is 5.01. The summed E-state index contributed by atoms with van der Waals surface area (Å²) in [5.41, 5.74) is 3.05. The molecule has 0 radical (unpaired) electrons. The summed E-state index contributed by atoms with van der Waals surface area (Å²) in [5, 5.41) is 14.7. The average molecular weight is 679 g/mol. The monoisotopic (exact) mass is 678 g/mol. The summed E-state index contributed by atoms with van der Waals surface area (Å²) in [6.07, 6.45) is -3.21. The zero-order chi connectivity index (χ0) is 34.1. The first kappa shape index (κ1) is 34.4. The number of carbonyl (C=O) groups excluding carboxylic acids is 1. The van der Waals surface area contributed by atoms with E-state index >= 15 is 8.78 Å². The van der Waals surface area contributed by atoms with Gasteiger partial charge in [0, 0.05) is 5.39 Å². The molecule has 254 valence electrons. The quantitative estimate of drug-likeness (QED) is 0.132. The molecule has 14 nitrogen and oxygen atoms in total. The van der Waals surface area contributed by atoms with E-state index in [-0.39, 0.29) is 47.9 Å². The maximum Gasteiger partial charge on any atom is 0.459 e. The van der Waals surface area contributed by atoms with Gasteiger partial charge in [-0.05, 0) is 38.1 Å². The molecule has 1 saturated heterocycles. The number of ether oxygens (including phenoxy) is 3. The first-order valence-corrected chi connectivity index (χ1v) is 16.4. The van der Waals surface area contributed by atoms with Crippen molar-refractivity contribution >= 4 is 41.6 Å². The van der Waals surface area contributed by atoms with Crippen LogP contribution in [0.2, 0.25) is 0 Å². The van der Waals surface area contributed by atoms with Crippen LogP contribution in [0.5, 0.6) is 11.6 Å². The second-order valence-electron chi connectivity index (χ2n) is 11.7. The molecule has 0 aliphatic carbocycles. The van der Waals surface area contributed by atoms with Crippen LogP contribution in [-0.2, 0) is 23.4 Å². The van der Waals surface area contributed by atoms with Crippen LogP contribution in [-0.4, -0.2) is 74.1 Å². The number of carbonyl (C=O) groups is 1. The molecular weight excluding hydrogens is 641 g/mol. The molecule has 6 unspecified atom stereocenters. The maximum absolute atomic E-state index is 16.5. The van der Waals surface area contributed by atoms with Crippen molar-refractivity contribution in [2.75, 3.05) is 25.6 Å². The minimum atomic E-state index is -4.68. The van der Waals surface area contributed by atoms with Gasteiger partial charge in [0.25, 0.3) is 5.85 Å². The van der Waals surface area contributed by atoms with E-state index in [4.69, 9.17) is 29.0 Å². The van der Waals surface area contributed by atoms with Gasteiger partial charge >= 0.3 is 13.7 Å². The lowest BCUT2D eigenvalue weighted by atomic mass is 9.97. The summed E-state index contributed by atoms with van der Waals surface area (Å²) < 4.78 is 75.5. The summed E-state index contributed by atoms with van der Waals surface area (Å²) in [6.45, 7) is 6.69. The molecule has 1 aliphatic rings. The first-order valence-electron chi connectivity index (χ1n) is 14.9. The number of nitrogens with one attached hydrogen (secondary N) is 1. The summed E-state index contributed by atoms with van der Waals surface area (Å²) in [5.74, 6) is -4.16. The molecule has 4 N–H and O–H groups in total. The van der Waals surface area contributed by atoms with Gasteiger partial charge in [-0.1, -0.05) is 50.2 Å². The van der Waals surface area contributed by atoms with Crippen LogP contribution < -0.4 is 20.1 Å². The predicted molar refractivity (Wildman–Crippen MR) is 167 cm³/mol. The predicted octanol–water partition coefficient (Wildman–Crippen LogP) is 4.63. The number of imidazole rings is 1. The summed E-state index contributed by atoms with van der Waals surface area (Å²) in [7, 11) is -4.68. The van der Waals surface area contributed by atoms with Crippen molar-refractivity contribution in [1.82, 2.24) is 24.6 Å². The lowest BCUT2D eigenvalue weighted by Crippen LogP contribution is -2.47. The van der Waals surface area contributed by atoms with Gasteiger partial charge < -0.3 is 29.6 Å². The van der Waals surface area contributed by atoms with Crippen LogP contribution >= 0.6 is 7.75 Å². The average Bonchev–Trinajstić information content (AvgIpc) is 3.51. The number of alkyl halides is 2. The molecule has 2 aromatic carbocycles. The number of rotatable bonds is 13. The number of fused-ring (bicyclic) bond motifs is 2. The molecule has 6 atom stereocenters. The van der Waals surface area contributed by atoms with Gasteiger partial charge in [-0.25, -0.2) is 18.3 Å². The smallest absolute Gasteiger partial charge is 0.459 e. The normalized spacial score (nSPS) is 24.8. The molecule has 0 bridgehead atoms. The Hall–Kier alpha value is -3.95. The molecule has 5 rings (SSSR count). The van der Waals surface area contributed by atoms with Gasteiger partial charge in [0.1, 0.15) is 18.4 Å². The van der Waals surface area contributed by atoms with Gasteiger partial charge in [0.2, 0.25) is 11.8 Å². The van der Waals surface area contributed by atoms with E-state index in [9.17, 15) is 14.5 Å². The van der Waals surface area contributed by atoms with Crippen molar-refractivity contribution in [3.8, 4) is 11.6 Å². The van der Waals surface area contributed by atoms with E-state index in [0.29, 0.717) is 5.39 Å². The fraction of sp³-hybridized carbons (Fsp3) is 0.467. The maximum atomic E-state index is 16.5. The number of halogens is 2. The fourth-order valence-corrected chi connectivity index (χ4v) is 6.53. The highest BCUT2D eigenvalue weighted by molar-refractivity contribution is 7.52. The van der Waals surface area contributed by atoms with E-state index in [1.54, 1.807) is 43.3 Å². The van der Waals surface area contributed by atoms with Crippen LogP contribution in [0.1, 0.15) is 40.8 Å². The molecule has 2 aromatic heterocycles. The van der Waals surface area contributed by atoms with Crippen LogP contribution in [0.4, 0.5) is 14.7 Å². The summed E-state index contributed by atoms with van der Waals surface area (Å²) >= 11 is 0. The highest BCUT2D eigenvalue weighted by Gasteiger charge is 2.65. The third-order valence-electron chi connectivity index (χ3n) is 7.34. The molecule has 1 aliphatic heterocycles. The van der Waals surface area contributed by atoms with Gasteiger partial charge in [-0.3, -0.25) is 13.9 Å². The topological polar surface area (TPSA) is 182 Å². The second kappa shape index (κ2) is 13.3. The third-order valence-corrected chi connectivity index (χ3v) is 8.95. The van der Waals surface area contributed by atoms with Crippen LogP contribution in [0.25, 0.3) is 21.9 Å². The van der Waals surface area contributed by atoms with E-state index in [2.05, 4.69) is 20.0 Å². The minimum absolute atomic E-state index is 0.0151. The standard InChI is InChI=1S/C30H37F2N6O8P/c1-6-42-24-22-23(35-28(33)36-24)38(16-34-22)27-29(5,31)26(40)30(32,45-27)15-44-47(41,37-18(4)25(39)43-14-17(2)3)46-21-13-9-11-19-10-7-8-12-20(19)21/h7-13,16-18,26-27,40H,6,14-15H2,1-5H3,(H,37,41)(H2,33,35,36). The third kappa shape index (κ3) is 7.02. The molecule has 1 fully saturated rings. The number of esters is 1. The summed E-state index contributed by atoms with van der Waals surface area (Å²) in [4.78, 5) is 24.9. The van der Waals surface area contributed by atoms with Gasteiger partial charge in [-0.2, -0.15) is 15.1 Å². The highest BCUT2D eigenvalue weighted by Crippen LogP contribution is 2.52. The molecule has 47 heavy (non-hydrogen) atoms. The van der Waals surface area contributed by atoms with Crippen molar-refractivity contribution in [3.05, 3.63) is 48.8 Å². The van der Waals surface area contributed by atoms with Crippen molar-refractivity contribution in [2.24, 2.45) is 5.92 Å². The zero-order valence-electron chi connectivity index (χ0n) is 26.4. The van der Waals surface area contributed by atoms with Crippen LogP contribution in [0.3, 0.4) is 0 Å². The summed E-state index contributed by atoms with van der Waals surface area (Å²) in [6, 6.07) is 10.7.